The van der Waals surface area contributed by atoms with Gasteiger partial charge in [0.1, 0.15) is 0 Å². The van der Waals surface area contributed by atoms with E-state index in [0.29, 0.717) is 0 Å². The summed E-state index contributed by atoms with van der Waals surface area (Å²) >= 11 is 0. The largest absolute Gasteiger partial charge is 0.491 e. The van der Waals surface area contributed by atoms with Crippen molar-refractivity contribution in [1.82, 2.24) is 9.47 Å². The standard InChI is InChI=1S/C22H19F6N5O2/c1-3-33-19(29)31-15-10-13(11-6-4-5-7-14(11)20(23,24)25)17-12(8-9-32(17)2)16(15)22(33,30)35-18(34)21(26,27)28/h4-10H,3,30H2,1-2H3,(H2,29,31). The molecule has 1 aliphatic rings. The lowest BCUT2D eigenvalue weighted by Gasteiger charge is -2.43. The van der Waals surface area contributed by atoms with Gasteiger partial charge >= 0.3 is 18.3 Å². The highest BCUT2D eigenvalue weighted by atomic mass is 19.4. The minimum Gasteiger partial charge on any atom is -0.414 e. The first kappa shape index (κ1) is 24.4. The second kappa shape index (κ2) is 7.90. The smallest absolute Gasteiger partial charge is 0.414 e. The number of ether oxygens (including phenoxy) is 1. The van der Waals surface area contributed by atoms with Crippen LogP contribution in [0.1, 0.15) is 18.1 Å². The molecule has 0 fully saturated rings. The predicted molar refractivity (Wildman–Crippen MR) is 115 cm³/mol. The number of hydrogen-bond acceptors (Lipinski definition) is 6. The van der Waals surface area contributed by atoms with Gasteiger partial charge in [0.2, 0.25) is 5.96 Å². The van der Waals surface area contributed by atoms with Crippen LogP contribution in [-0.2, 0) is 28.6 Å². The van der Waals surface area contributed by atoms with Crippen LogP contribution in [0, 0.1) is 0 Å². The molecule has 7 nitrogen and oxygen atoms in total. The van der Waals surface area contributed by atoms with Crippen molar-refractivity contribution in [2.24, 2.45) is 23.5 Å². The van der Waals surface area contributed by atoms with Gasteiger partial charge in [0.05, 0.1) is 22.3 Å². The SMILES string of the molecule is CCN1C(N)=Nc2cc(-c3ccccc3C(F)(F)F)c3c(ccn3C)c2C1(N)OC(=O)C(F)(F)F. The van der Waals surface area contributed by atoms with E-state index in [-0.39, 0.29) is 45.8 Å². The van der Waals surface area contributed by atoms with E-state index in [2.05, 4.69) is 4.99 Å². The number of guanidine groups is 1. The Morgan fingerprint density at radius 2 is 1.77 bits per heavy atom. The lowest BCUT2D eigenvalue weighted by atomic mass is 9.91. The molecule has 1 unspecified atom stereocenters. The summed E-state index contributed by atoms with van der Waals surface area (Å²) in [7, 11) is 1.55. The van der Waals surface area contributed by atoms with Crippen LogP contribution in [0.15, 0.2) is 47.6 Å². The van der Waals surface area contributed by atoms with Gasteiger partial charge < -0.3 is 15.0 Å². The van der Waals surface area contributed by atoms with Crippen molar-refractivity contribution in [1.29, 1.82) is 0 Å². The maximum atomic E-state index is 13.8. The van der Waals surface area contributed by atoms with Gasteiger partial charge in [0.25, 0.3) is 5.85 Å². The molecule has 2 heterocycles. The molecule has 1 aliphatic heterocycles. The van der Waals surface area contributed by atoms with E-state index in [0.717, 1.165) is 11.0 Å². The van der Waals surface area contributed by atoms with Crippen LogP contribution in [0.25, 0.3) is 22.0 Å². The van der Waals surface area contributed by atoms with Crippen molar-refractivity contribution in [2.75, 3.05) is 6.54 Å². The van der Waals surface area contributed by atoms with Gasteiger partial charge in [0.15, 0.2) is 0 Å². The van der Waals surface area contributed by atoms with Crippen molar-refractivity contribution in [3.63, 3.8) is 0 Å². The number of nitrogens with zero attached hydrogens (tertiary/aromatic N) is 3. The maximum Gasteiger partial charge on any atom is 0.491 e. The van der Waals surface area contributed by atoms with Gasteiger partial charge in [-0.3, -0.25) is 10.6 Å². The number of nitrogens with two attached hydrogens (primary N) is 2. The monoisotopic (exact) mass is 499 g/mol. The molecule has 0 amide bonds. The summed E-state index contributed by atoms with van der Waals surface area (Å²) in [5, 5.41) is 0.143. The minimum atomic E-state index is -5.36. The Morgan fingerprint density at radius 1 is 1.11 bits per heavy atom. The summed E-state index contributed by atoms with van der Waals surface area (Å²) in [6.45, 7) is 1.41. The van der Waals surface area contributed by atoms with Crippen molar-refractivity contribution in [2.45, 2.75) is 25.1 Å². The number of hydrogen-bond donors (Lipinski definition) is 2. The molecular formula is C22H19F6N5O2. The normalized spacial score (nSPS) is 18.4. The molecule has 13 heteroatoms. The van der Waals surface area contributed by atoms with Crippen LogP contribution >= 0.6 is 0 Å². The number of carbonyl (C=O) groups is 1. The first-order chi connectivity index (χ1) is 16.2. The van der Waals surface area contributed by atoms with Crippen molar-refractivity contribution >= 4 is 28.5 Å². The van der Waals surface area contributed by atoms with Crippen LogP contribution < -0.4 is 11.5 Å². The molecule has 35 heavy (non-hydrogen) atoms. The van der Waals surface area contributed by atoms with Crippen molar-refractivity contribution in [3.8, 4) is 11.1 Å². The fourth-order valence-corrected chi connectivity index (χ4v) is 4.31. The second-order valence-electron chi connectivity index (χ2n) is 7.85. The highest BCUT2D eigenvalue weighted by molar-refractivity contribution is 6.03. The van der Waals surface area contributed by atoms with E-state index in [1.54, 1.807) is 7.05 Å². The number of esters is 1. The van der Waals surface area contributed by atoms with Gasteiger partial charge in [-0.2, -0.15) is 26.3 Å². The third kappa shape index (κ3) is 3.85. The molecule has 0 bridgehead atoms. The van der Waals surface area contributed by atoms with Crippen LogP contribution in [0.2, 0.25) is 0 Å². The molecule has 0 spiro atoms. The van der Waals surface area contributed by atoms with E-state index < -0.39 is 29.7 Å². The molecular weight excluding hydrogens is 480 g/mol. The van der Waals surface area contributed by atoms with E-state index in [1.165, 1.54) is 48.0 Å². The number of rotatable bonds is 3. The van der Waals surface area contributed by atoms with E-state index in [1.807, 2.05) is 0 Å². The molecule has 2 aromatic carbocycles. The molecule has 4 rings (SSSR count). The topological polar surface area (TPSA) is 98.9 Å². The molecule has 0 aliphatic carbocycles. The fourth-order valence-electron chi connectivity index (χ4n) is 4.31. The Labute approximate surface area is 194 Å². The summed E-state index contributed by atoms with van der Waals surface area (Å²) in [5.41, 5.74) is 11.2. The van der Waals surface area contributed by atoms with E-state index >= 15 is 0 Å². The zero-order valence-corrected chi connectivity index (χ0v) is 18.3. The second-order valence-corrected chi connectivity index (χ2v) is 7.85. The third-order valence-corrected chi connectivity index (χ3v) is 5.72. The average molecular weight is 499 g/mol. The van der Waals surface area contributed by atoms with Crippen LogP contribution in [0.3, 0.4) is 0 Å². The van der Waals surface area contributed by atoms with Gasteiger partial charge in [-0.1, -0.05) is 18.2 Å². The summed E-state index contributed by atoms with van der Waals surface area (Å²) < 4.78 is 87.0. The van der Waals surface area contributed by atoms with Gasteiger partial charge in [-0.25, -0.2) is 9.79 Å². The Kier molecular flexibility index (Phi) is 5.51. The number of carbonyl (C=O) groups excluding carboxylic acids is 1. The van der Waals surface area contributed by atoms with Crippen LogP contribution in [-0.4, -0.2) is 34.1 Å². The van der Waals surface area contributed by atoms with Gasteiger partial charge in [-0.05, 0) is 30.7 Å². The number of alkyl halides is 6. The predicted octanol–water partition coefficient (Wildman–Crippen LogP) is 4.32. The zero-order valence-electron chi connectivity index (χ0n) is 18.3. The number of fused-ring (bicyclic) bond motifs is 3. The Bertz CT molecular complexity index is 1360. The zero-order chi connectivity index (χ0) is 25.9. The highest BCUT2D eigenvalue weighted by Gasteiger charge is 2.52. The summed E-state index contributed by atoms with van der Waals surface area (Å²) in [5.74, 6) is -5.47. The lowest BCUT2D eigenvalue weighted by Crippen LogP contribution is -2.62. The maximum absolute atomic E-state index is 13.8. The van der Waals surface area contributed by atoms with Crippen molar-refractivity contribution < 1.29 is 35.9 Å². The molecule has 0 radical (unpaired) electrons. The Morgan fingerprint density at radius 3 is 2.37 bits per heavy atom. The molecule has 1 aromatic heterocycles. The van der Waals surface area contributed by atoms with Crippen LogP contribution in [0.5, 0.6) is 0 Å². The molecule has 1 atom stereocenters. The Hall–Kier alpha value is -3.74. The number of aryl methyl sites for hydroxylation is 1. The number of aromatic nitrogens is 1. The quantitative estimate of drug-likeness (QED) is 0.318. The highest BCUT2D eigenvalue weighted by Crippen LogP contribution is 2.47. The van der Waals surface area contributed by atoms with E-state index in [4.69, 9.17) is 16.2 Å². The summed E-state index contributed by atoms with van der Waals surface area (Å²) in [4.78, 5) is 17.0. The molecule has 3 aromatic rings. The van der Waals surface area contributed by atoms with E-state index in [9.17, 15) is 31.1 Å². The third-order valence-electron chi connectivity index (χ3n) is 5.72. The first-order valence-corrected chi connectivity index (χ1v) is 10.2. The Balaban J connectivity index is 2.08. The number of benzene rings is 2. The number of halogens is 6. The molecule has 186 valence electrons. The summed E-state index contributed by atoms with van der Waals surface area (Å²) in [6.07, 6.45) is -8.56. The van der Waals surface area contributed by atoms with Gasteiger partial charge in [-0.15, -0.1) is 0 Å². The minimum absolute atomic E-state index is 0.0881. The van der Waals surface area contributed by atoms with Crippen molar-refractivity contribution in [3.05, 3.63) is 53.7 Å². The average Bonchev–Trinajstić information content (AvgIpc) is 3.13. The first-order valence-electron chi connectivity index (χ1n) is 10.2. The molecule has 0 saturated carbocycles. The number of aliphatic imine (C=N–C) groups is 1. The summed E-state index contributed by atoms with van der Waals surface area (Å²) in [6, 6.07) is 7.53. The molecule has 4 N–H and O–H groups in total. The fraction of sp³-hybridized carbons (Fsp3) is 0.273. The molecule has 0 saturated heterocycles. The van der Waals surface area contributed by atoms with Crippen LogP contribution in [0.4, 0.5) is 32.0 Å². The van der Waals surface area contributed by atoms with Gasteiger partial charge in [0, 0.05) is 30.7 Å². The lowest BCUT2D eigenvalue weighted by molar-refractivity contribution is -0.227.